The lowest BCUT2D eigenvalue weighted by molar-refractivity contribution is -0.145. The maximum Gasteiger partial charge on any atom is 0.310 e. The van der Waals surface area contributed by atoms with Gasteiger partial charge >= 0.3 is 5.97 Å². The highest BCUT2D eigenvalue weighted by molar-refractivity contribution is 6.02. The van der Waals surface area contributed by atoms with Crippen LogP contribution in [0.15, 0.2) is 30.3 Å². The molecule has 0 bridgehead atoms. The predicted octanol–water partition coefficient (Wildman–Crippen LogP) is 1.90. The second-order valence-electron chi connectivity index (χ2n) is 5.57. The van der Waals surface area contributed by atoms with Gasteiger partial charge in [0.25, 0.3) is 0 Å². The average Bonchev–Trinajstić information content (AvgIpc) is 3.07. The molecule has 2 aliphatic heterocycles. The molecule has 0 N–H and O–H groups in total. The molecule has 20 heavy (non-hydrogen) atoms. The van der Waals surface area contributed by atoms with Crippen LogP contribution in [0.1, 0.15) is 29.6 Å². The van der Waals surface area contributed by atoms with E-state index >= 15 is 0 Å². The number of rotatable bonds is 3. The van der Waals surface area contributed by atoms with Crippen LogP contribution < -0.4 is 0 Å². The summed E-state index contributed by atoms with van der Waals surface area (Å²) in [4.78, 5) is 27.0. The summed E-state index contributed by atoms with van der Waals surface area (Å²) in [7, 11) is 1.40. The third kappa shape index (κ3) is 2.14. The molecule has 0 amide bonds. The Hall–Kier alpha value is -1.68. The molecule has 0 aliphatic carbocycles. The molecule has 2 fully saturated rings. The van der Waals surface area contributed by atoms with Gasteiger partial charge in [0, 0.05) is 11.6 Å². The summed E-state index contributed by atoms with van der Waals surface area (Å²) in [6.45, 7) is 0.904. The minimum absolute atomic E-state index is 0.0467. The van der Waals surface area contributed by atoms with E-state index in [1.807, 2.05) is 30.3 Å². The van der Waals surface area contributed by atoms with E-state index < -0.39 is 0 Å². The number of hydrogen-bond donors (Lipinski definition) is 0. The topological polar surface area (TPSA) is 46.6 Å². The van der Waals surface area contributed by atoms with Crippen molar-refractivity contribution in [3.05, 3.63) is 35.9 Å². The third-order valence-electron chi connectivity index (χ3n) is 4.52. The quantitative estimate of drug-likeness (QED) is 0.623. The molecule has 0 radical (unpaired) electrons. The van der Waals surface area contributed by atoms with Crippen molar-refractivity contribution >= 4 is 11.8 Å². The minimum atomic E-state index is -0.350. The van der Waals surface area contributed by atoms with Gasteiger partial charge in [-0.25, -0.2) is 0 Å². The number of ether oxygens (including phenoxy) is 1. The Morgan fingerprint density at radius 2 is 2.00 bits per heavy atom. The van der Waals surface area contributed by atoms with Crippen molar-refractivity contribution in [2.24, 2.45) is 5.92 Å². The molecular formula is C16H19NO3. The summed E-state index contributed by atoms with van der Waals surface area (Å²) in [5.74, 6) is -0.530. The van der Waals surface area contributed by atoms with Crippen LogP contribution in [0.5, 0.6) is 0 Å². The maximum atomic E-state index is 12.8. The summed E-state index contributed by atoms with van der Waals surface area (Å²) in [5, 5.41) is 0. The van der Waals surface area contributed by atoms with E-state index in [1.54, 1.807) is 0 Å². The zero-order valence-corrected chi connectivity index (χ0v) is 11.6. The second-order valence-corrected chi connectivity index (χ2v) is 5.57. The molecular weight excluding hydrogens is 254 g/mol. The molecule has 3 atom stereocenters. The number of carbonyl (C=O) groups is 2. The van der Waals surface area contributed by atoms with E-state index in [1.165, 1.54) is 7.11 Å². The summed E-state index contributed by atoms with van der Waals surface area (Å²) in [6, 6.07) is 9.25. The number of fused-ring (bicyclic) bond motifs is 1. The highest BCUT2D eigenvalue weighted by Crippen LogP contribution is 2.38. The van der Waals surface area contributed by atoms with Crippen molar-refractivity contribution in [2.75, 3.05) is 13.7 Å². The number of carbonyl (C=O) groups excluding carboxylic acids is 2. The van der Waals surface area contributed by atoms with E-state index in [-0.39, 0.29) is 23.7 Å². The molecule has 4 nitrogen and oxygen atoms in total. The second kappa shape index (κ2) is 5.37. The van der Waals surface area contributed by atoms with E-state index in [2.05, 4.69) is 4.90 Å². The lowest BCUT2D eigenvalue weighted by atomic mass is 9.91. The molecule has 0 unspecified atom stereocenters. The van der Waals surface area contributed by atoms with Gasteiger partial charge in [-0.15, -0.1) is 0 Å². The normalized spacial score (nSPS) is 29.1. The van der Waals surface area contributed by atoms with Gasteiger partial charge in [-0.05, 0) is 25.8 Å². The van der Waals surface area contributed by atoms with Gasteiger partial charge in [0.2, 0.25) is 0 Å². The summed E-state index contributed by atoms with van der Waals surface area (Å²) in [5.41, 5.74) is 0.680. The lowest BCUT2D eigenvalue weighted by Crippen LogP contribution is -2.42. The number of methoxy groups -OCH3 is 1. The van der Waals surface area contributed by atoms with Gasteiger partial charge in [-0.2, -0.15) is 0 Å². The van der Waals surface area contributed by atoms with Crippen LogP contribution in [-0.2, 0) is 9.53 Å². The number of benzene rings is 1. The molecule has 106 valence electrons. The Morgan fingerprint density at radius 3 is 2.70 bits per heavy atom. The summed E-state index contributed by atoms with van der Waals surface area (Å²) >= 11 is 0. The fourth-order valence-electron chi connectivity index (χ4n) is 3.61. The first-order valence-corrected chi connectivity index (χ1v) is 7.15. The van der Waals surface area contributed by atoms with Crippen molar-refractivity contribution in [2.45, 2.75) is 31.3 Å². The molecule has 0 saturated carbocycles. The Kier molecular flexibility index (Phi) is 3.57. The van der Waals surface area contributed by atoms with Crippen molar-refractivity contribution in [1.29, 1.82) is 0 Å². The van der Waals surface area contributed by atoms with Gasteiger partial charge in [0.05, 0.1) is 19.1 Å². The number of hydrogen-bond acceptors (Lipinski definition) is 4. The molecule has 2 aliphatic rings. The maximum absolute atomic E-state index is 12.8. The Balaban J connectivity index is 1.90. The zero-order chi connectivity index (χ0) is 14.1. The fourth-order valence-corrected chi connectivity index (χ4v) is 3.61. The molecule has 2 saturated heterocycles. The number of esters is 1. The number of ketones is 1. The predicted molar refractivity (Wildman–Crippen MR) is 74.4 cm³/mol. The van der Waals surface area contributed by atoms with Crippen molar-refractivity contribution in [3.63, 3.8) is 0 Å². The van der Waals surface area contributed by atoms with Crippen molar-refractivity contribution < 1.29 is 14.3 Å². The van der Waals surface area contributed by atoms with Gasteiger partial charge in [-0.3, -0.25) is 14.5 Å². The molecule has 0 aromatic heterocycles. The van der Waals surface area contributed by atoms with Crippen LogP contribution in [0.2, 0.25) is 0 Å². The minimum Gasteiger partial charge on any atom is -0.469 e. The van der Waals surface area contributed by atoms with E-state index in [0.717, 1.165) is 25.8 Å². The van der Waals surface area contributed by atoms with E-state index in [0.29, 0.717) is 11.6 Å². The third-order valence-corrected chi connectivity index (χ3v) is 4.52. The SMILES string of the molecule is COC(=O)[C@H]1C[C@H]2CCCN2[C@@H]1C(=O)c1ccccc1. The summed E-state index contributed by atoms with van der Waals surface area (Å²) in [6.07, 6.45) is 2.93. The van der Waals surface area contributed by atoms with E-state index in [9.17, 15) is 9.59 Å². The smallest absolute Gasteiger partial charge is 0.310 e. The van der Waals surface area contributed by atoms with Crippen LogP contribution in [0, 0.1) is 5.92 Å². The van der Waals surface area contributed by atoms with Crippen LogP contribution >= 0.6 is 0 Å². The Labute approximate surface area is 118 Å². The van der Waals surface area contributed by atoms with Crippen molar-refractivity contribution in [1.82, 2.24) is 4.90 Å². The first-order chi connectivity index (χ1) is 9.72. The highest BCUT2D eigenvalue weighted by atomic mass is 16.5. The first kappa shape index (κ1) is 13.3. The van der Waals surface area contributed by atoms with Gasteiger partial charge in [0.15, 0.2) is 5.78 Å². The summed E-state index contributed by atoms with van der Waals surface area (Å²) < 4.78 is 4.90. The zero-order valence-electron chi connectivity index (χ0n) is 11.6. The first-order valence-electron chi connectivity index (χ1n) is 7.15. The fraction of sp³-hybridized carbons (Fsp3) is 0.500. The molecule has 0 spiro atoms. The van der Waals surface area contributed by atoms with Crippen LogP contribution in [0.3, 0.4) is 0 Å². The molecule has 3 rings (SSSR count). The molecule has 4 heteroatoms. The average molecular weight is 273 g/mol. The van der Waals surface area contributed by atoms with Crippen molar-refractivity contribution in [3.8, 4) is 0 Å². The van der Waals surface area contributed by atoms with Gasteiger partial charge < -0.3 is 4.74 Å². The lowest BCUT2D eigenvalue weighted by Gasteiger charge is -2.25. The van der Waals surface area contributed by atoms with Gasteiger partial charge in [-0.1, -0.05) is 30.3 Å². The monoisotopic (exact) mass is 273 g/mol. The Morgan fingerprint density at radius 1 is 1.25 bits per heavy atom. The number of nitrogens with zero attached hydrogens (tertiary/aromatic N) is 1. The molecule has 1 aromatic carbocycles. The van der Waals surface area contributed by atoms with E-state index in [4.69, 9.17) is 4.74 Å². The largest absolute Gasteiger partial charge is 0.469 e. The molecule has 1 aromatic rings. The van der Waals surface area contributed by atoms with Crippen LogP contribution in [-0.4, -0.2) is 42.4 Å². The highest BCUT2D eigenvalue weighted by Gasteiger charge is 2.50. The van der Waals surface area contributed by atoms with Crippen LogP contribution in [0.25, 0.3) is 0 Å². The Bertz CT molecular complexity index is 514. The van der Waals surface area contributed by atoms with Gasteiger partial charge in [0.1, 0.15) is 0 Å². The standard InChI is InChI=1S/C16H19NO3/c1-20-16(19)13-10-12-8-5-9-17(12)14(13)15(18)11-6-3-2-4-7-11/h2-4,6-7,12-14H,5,8-10H2,1H3/t12-,13+,14+/m1/s1. The molecule has 2 heterocycles. The number of Topliss-reactive ketones (excluding diaryl/α,β-unsaturated/α-hetero) is 1. The van der Waals surface area contributed by atoms with Crippen LogP contribution in [0.4, 0.5) is 0 Å².